The fourth-order valence-corrected chi connectivity index (χ4v) is 3.79. The summed E-state index contributed by atoms with van der Waals surface area (Å²) < 4.78 is 4.36. The highest BCUT2D eigenvalue weighted by molar-refractivity contribution is 14.1. The number of pyridine rings is 1. The first kappa shape index (κ1) is 19.9. The van der Waals surface area contributed by atoms with E-state index in [1.807, 2.05) is 60.7 Å². The normalized spacial score (nSPS) is 10.6. The molecule has 6 heteroatoms. The van der Waals surface area contributed by atoms with Crippen molar-refractivity contribution < 1.29 is 4.79 Å². The molecule has 0 aliphatic carbocycles. The molecule has 0 atom stereocenters. The van der Waals surface area contributed by atoms with Crippen molar-refractivity contribution in [2.24, 2.45) is 0 Å². The van der Waals surface area contributed by atoms with Crippen LogP contribution in [0.3, 0.4) is 0 Å². The highest BCUT2D eigenvalue weighted by Gasteiger charge is 2.10. The Kier molecular flexibility index (Phi) is 7.25. The molecule has 2 aromatic carbocycles. The van der Waals surface area contributed by atoms with Crippen molar-refractivity contribution in [3.05, 3.63) is 76.0 Å². The van der Waals surface area contributed by atoms with Gasteiger partial charge in [0.25, 0.3) is 5.91 Å². The molecule has 27 heavy (non-hydrogen) atoms. The van der Waals surface area contributed by atoms with Gasteiger partial charge in [-0.2, -0.15) is 0 Å². The van der Waals surface area contributed by atoms with E-state index < -0.39 is 0 Å². The van der Waals surface area contributed by atoms with Crippen LogP contribution in [-0.2, 0) is 0 Å². The topological polar surface area (TPSA) is 54.0 Å². The standard InChI is InChI=1S/C21H20IN3OS/c1-2-12-24-27-17-9-6-15(7-10-17)21(26)25-16-8-11-19(22)18(14-16)20-5-3-4-13-23-20/h3-11,13-14,24H,2,12H2,1H3,(H,25,26). The van der Waals surface area contributed by atoms with Crippen LogP contribution in [0.1, 0.15) is 23.7 Å². The molecule has 138 valence electrons. The van der Waals surface area contributed by atoms with E-state index in [2.05, 4.69) is 44.5 Å². The monoisotopic (exact) mass is 489 g/mol. The molecule has 0 aliphatic rings. The lowest BCUT2D eigenvalue weighted by Crippen LogP contribution is -2.12. The van der Waals surface area contributed by atoms with Gasteiger partial charge in [-0.15, -0.1) is 0 Å². The molecule has 0 radical (unpaired) electrons. The Morgan fingerprint density at radius 1 is 1.11 bits per heavy atom. The van der Waals surface area contributed by atoms with E-state index in [9.17, 15) is 4.79 Å². The Bertz CT molecular complexity index is 901. The second-order valence-corrected chi connectivity index (χ2v) is 8.01. The van der Waals surface area contributed by atoms with Crippen LogP contribution in [0, 0.1) is 3.57 Å². The average Bonchev–Trinajstić information content (AvgIpc) is 2.71. The summed E-state index contributed by atoms with van der Waals surface area (Å²) in [6, 6.07) is 19.3. The zero-order chi connectivity index (χ0) is 19.1. The number of hydrogen-bond acceptors (Lipinski definition) is 4. The molecule has 4 nitrogen and oxygen atoms in total. The predicted molar refractivity (Wildman–Crippen MR) is 121 cm³/mol. The van der Waals surface area contributed by atoms with E-state index in [1.54, 1.807) is 18.1 Å². The minimum absolute atomic E-state index is 0.124. The second-order valence-electron chi connectivity index (χ2n) is 5.88. The van der Waals surface area contributed by atoms with Crippen LogP contribution in [0.15, 0.2) is 71.8 Å². The lowest BCUT2D eigenvalue weighted by molar-refractivity contribution is 0.102. The van der Waals surface area contributed by atoms with Crippen molar-refractivity contribution in [2.45, 2.75) is 18.2 Å². The van der Waals surface area contributed by atoms with Gasteiger partial charge in [-0.3, -0.25) is 14.5 Å². The third kappa shape index (κ3) is 5.54. The average molecular weight is 489 g/mol. The lowest BCUT2D eigenvalue weighted by atomic mass is 10.1. The molecule has 0 saturated heterocycles. The third-order valence-corrected chi connectivity index (χ3v) is 5.62. The van der Waals surface area contributed by atoms with Gasteiger partial charge in [-0.05, 0) is 95.6 Å². The summed E-state index contributed by atoms with van der Waals surface area (Å²) in [5.74, 6) is -0.124. The maximum absolute atomic E-state index is 12.6. The molecule has 0 saturated carbocycles. The minimum Gasteiger partial charge on any atom is -0.322 e. The number of nitrogens with one attached hydrogen (secondary N) is 2. The van der Waals surface area contributed by atoms with Gasteiger partial charge in [0.15, 0.2) is 0 Å². The summed E-state index contributed by atoms with van der Waals surface area (Å²) in [7, 11) is 0. The molecule has 1 aromatic heterocycles. The molecule has 1 heterocycles. The molecule has 0 fully saturated rings. The predicted octanol–water partition coefficient (Wildman–Crippen LogP) is 5.61. The van der Waals surface area contributed by atoms with Crippen molar-refractivity contribution in [3.8, 4) is 11.3 Å². The zero-order valence-electron chi connectivity index (χ0n) is 14.9. The number of halogens is 1. The Morgan fingerprint density at radius 3 is 2.63 bits per heavy atom. The van der Waals surface area contributed by atoms with Crippen LogP contribution in [-0.4, -0.2) is 17.4 Å². The molecule has 1 amide bonds. The molecular formula is C21H20IN3OS. The summed E-state index contributed by atoms with van der Waals surface area (Å²) in [6.45, 7) is 3.09. The molecular weight excluding hydrogens is 469 g/mol. The number of carbonyl (C=O) groups excluding carboxylic acids is 1. The smallest absolute Gasteiger partial charge is 0.255 e. The number of anilines is 1. The van der Waals surface area contributed by atoms with Crippen molar-refractivity contribution in [2.75, 3.05) is 11.9 Å². The van der Waals surface area contributed by atoms with Crippen molar-refractivity contribution in [1.82, 2.24) is 9.71 Å². The maximum atomic E-state index is 12.6. The van der Waals surface area contributed by atoms with Crippen LogP contribution in [0.25, 0.3) is 11.3 Å². The van der Waals surface area contributed by atoms with Gasteiger partial charge in [0.1, 0.15) is 0 Å². The van der Waals surface area contributed by atoms with Gasteiger partial charge >= 0.3 is 0 Å². The van der Waals surface area contributed by atoms with E-state index in [0.29, 0.717) is 5.56 Å². The van der Waals surface area contributed by atoms with E-state index in [4.69, 9.17) is 0 Å². The van der Waals surface area contributed by atoms with Gasteiger partial charge in [-0.1, -0.05) is 13.0 Å². The van der Waals surface area contributed by atoms with Gasteiger partial charge in [-0.25, -0.2) is 0 Å². The number of carbonyl (C=O) groups is 1. The first-order valence-corrected chi connectivity index (χ1v) is 10.6. The largest absolute Gasteiger partial charge is 0.322 e. The summed E-state index contributed by atoms with van der Waals surface area (Å²) in [5.41, 5.74) is 3.28. The Hall–Kier alpha value is -1.90. The van der Waals surface area contributed by atoms with Gasteiger partial charge in [0.05, 0.1) is 5.69 Å². The van der Waals surface area contributed by atoms with Crippen LogP contribution >= 0.6 is 34.5 Å². The number of hydrogen-bond donors (Lipinski definition) is 2. The number of nitrogens with zero attached hydrogens (tertiary/aromatic N) is 1. The van der Waals surface area contributed by atoms with E-state index in [1.165, 1.54) is 0 Å². The first-order valence-electron chi connectivity index (χ1n) is 8.69. The molecule has 0 unspecified atom stereocenters. The maximum Gasteiger partial charge on any atom is 0.255 e. The second kappa shape index (κ2) is 9.87. The fourth-order valence-electron chi connectivity index (χ4n) is 2.44. The fraction of sp³-hybridized carbons (Fsp3) is 0.143. The Morgan fingerprint density at radius 2 is 1.93 bits per heavy atom. The van der Waals surface area contributed by atoms with Crippen molar-refractivity contribution >= 4 is 46.1 Å². The van der Waals surface area contributed by atoms with E-state index in [0.717, 1.165) is 38.4 Å². The van der Waals surface area contributed by atoms with E-state index in [-0.39, 0.29) is 5.91 Å². The molecule has 2 N–H and O–H groups in total. The summed E-state index contributed by atoms with van der Waals surface area (Å²) >= 11 is 3.86. The molecule has 0 bridgehead atoms. The number of amides is 1. The Balaban J connectivity index is 1.71. The van der Waals surface area contributed by atoms with Crippen LogP contribution in [0.4, 0.5) is 5.69 Å². The number of benzene rings is 2. The molecule has 0 spiro atoms. The molecule has 3 rings (SSSR count). The SMILES string of the molecule is CCCNSc1ccc(C(=O)Nc2ccc(I)c(-c3ccccn3)c2)cc1. The summed E-state index contributed by atoms with van der Waals surface area (Å²) in [4.78, 5) is 18.1. The highest BCUT2D eigenvalue weighted by atomic mass is 127. The Labute approximate surface area is 177 Å². The van der Waals surface area contributed by atoms with Gasteiger partial charge in [0.2, 0.25) is 0 Å². The quantitative estimate of drug-likeness (QED) is 0.257. The van der Waals surface area contributed by atoms with Crippen molar-refractivity contribution in [3.63, 3.8) is 0 Å². The number of aromatic nitrogens is 1. The summed E-state index contributed by atoms with van der Waals surface area (Å²) in [5, 5.41) is 2.97. The summed E-state index contributed by atoms with van der Waals surface area (Å²) in [6.07, 6.45) is 2.86. The van der Waals surface area contributed by atoms with Crippen LogP contribution in [0.5, 0.6) is 0 Å². The van der Waals surface area contributed by atoms with Gasteiger partial charge in [0, 0.05) is 38.0 Å². The van der Waals surface area contributed by atoms with E-state index >= 15 is 0 Å². The van der Waals surface area contributed by atoms with Crippen molar-refractivity contribution in [1.29, 1.82) is 0 Å². The molecule has 3 aromatic rings. The number of rotatable bonds is 7. The van der Waals surface area contributed by atoms with Crippen LogP contribution in [0.2, 0.25) is 0 Å². The zero-order valence-corrected chi connectivity index (χ0v) is 17.9. The highest BCUT2D eigenvalue weighted by Crippen LogP contribution is 2.27. The lowest BCUT2D eigenvalue weighted by Gasteiger charge is -2.10. The third-order valence-electron chi connectivity index (χ3n) is 3.82. The minimum atomic E-state index is -0.124. The van der Waals surface area contributed by atoms with Crippen LogP contribution < -0.4 is 10.0 Å². The van der Waals surface area contributed by atoms with Gasteiger partial charge < -0.3 is 5.32 Å². The first-order chi connectivity index (χ1) is 13.2. The molecule has 0 aliphatic heterocycles.